The molecule has 0 aromatic rings. The Balaban J connectivity index is 1.28. The van der Waals surface area contributed by atoms with Crippen LogP contribution in [0.4, 0.5) is 0 Å². The van der Waals surface area contributed by atoms with E-state index in [2.05, 4.69) is 5.16 Å². The smallest absolute Gasteiger partial charge is 0.331 e. The summed E-state index contributed by atoms with van der Waals surface area (Å²) in [6, 6.07) is 0. The van der Waals surface area contributed by atoms with Gasteiger partial charge in [-0.3, -0.25) is 0 Å². The maximum Gasteiger partial charge on any atom is 0.331 e. The van der Waals surface area contributed by atoms with Crippen molar-refractivity contribution < 1.29 is 54.9 Å². The van der Waals surface area contributed by atoms with Crippen molar-refractivity contribution in [3.05, 3.63) is 11.6 Å². The average molecular weight is 582 g/mol. The molecule has 0 radical (unpaired) electrons. The summed E-state index contributed by atoms with van der Waals surface area (Å²) >= 11 is 0. The zero-order valence-electron chi connectivity index (χ0n) is 23.5. The van der Waals surface area contributed by atoms with Gasteiger partial charge in [-0.25, -0.2) is 4.79 Å². The minimum absolute atomic E-state index is 0.0965. The van der Waals surface area contributed by atoms with Gasteiger partial charge in [-0.05, 0) is 69.3 Å². The van der Waals surface area contributed by atoms with Gasteiger partial charge in [-0.2, -0.15) is 0 Å². The summed E-state index contributed by atoms with van der Waals surface area (Å²) in [6.45, 7) is 3.74. The Kier molecular flexibility index (Phi) is 7.14. The molecule has 5 fully saturated rings. The highest BCUT2D eigenvalue weighted by atomic mass is 16.7. The van der Waals surface area contributed by atoms with E-state index in [1.54, 1.807) is 6.92 Å². The molecule has 7 N–H and O–H groups in total. The van der Waals surface area contributed by atoms with E-state index in [9.17, 15) is 40.6 Å². The van der Waals surface area contributed by atoms with Crippen LogP contribution in [0.3, 0.4) is 0 Å². The minimum atomic E-state index is -1.48. The van der Waals surface area contributed by atoms with Crippen molar-refractivity contribution in [1.82, 2.24) is 0 Å². The highest BCUT2D eigenvalue weighted by Crippen LogP contribution is 2.70. The maximum absolute atomic E-state index is 12.4. The molecule has 0 bridgehead atoms. The van der Waals surface area contributed by atoms with E-state index >= 15 is 0 Å². The largest absolute Gasteiger partial charge is 0.458 e. The third-order valence-corrected chi connectivity index (χ3v) is 12.0. The molecule has 6 rings (SSSR count). The third-order valence-electron chi connectivity index (χ3n) is 12.0. The Morgan fingerprint density at radius 2 is 1.78 bits per heavy atom. The number of ether oxygens (including phenoxy) is 3. The molecule has 1 saturated heterocycles. The first-order valence-electron chi connectivity index (χ1n) is 14.8. The molecule has 0 amide bonds. The van der Waals surface area contributed by atoms with E-state index in [-0.39, 0.29) is 44.2 Å². The summed E-state index contributed by atoms with van der Waals surface area (Å²) in [4.78, 5) is 11.8. The normalized spacial score (nSPS) is 55.2. The molecule has 12 nitrogen and oxygen atoms in total. The Labute approximate surface area is 238 Å². The van der Waals surface area contributed by atoms with Crippen LogP contribution >= 0.6 is 0 Å². The number of nitrogens with zero attached hydrogens (tertiary/aromatic N) is 1. The van der Waals surface area contributed by atoms with Crippen LogP contribution in [-0.2, 0) is 19.0 Å². The number of hydrogen-bond donors (Lipinski definition) is 7. The molecule has 41 heavy (non-hydrogen) atoms. The van der Waals surface area contributed by atoms with E-state index in [1.165, 1.54) is 12.3 Å². The zero-order chi connectivity index (χ0) is 29.5. The lowest BCUT2D eigenvalue weighted by molar-refractivity contribution is -0.318. The van der Waals surface area contributed by atoms with E-state index in [4.69, 9.17) is 14.2 Å². The lowest BCUT2D eigenvalue weighted by Gasteiger charge is -2.67. The lowest BCUT2D eigenvalue weighted by atomic mass is 9.41. The average Bonchev–Trinajstić information content (AvgIpc) is 3.46. The number of fused-ring (bicyclic) bond motifs is 5. The highest BCUT2D eigenvalue weighted by molar-refractivity contribution is 5.85. The van der Waals surface area contributed by atoms with E-state index in [1.807, 2.05) is 6.92 Å². The highest BCUT2D eigenvalue weighted by Gasteiger charge is 2.73. The topological polar surface area (TPSA) is 199 Å². The van der Waals surface area contributed by atoms with Crippen molar-refractivity contribution in [2.24, 2.45) is 33.7 Å². The molecule has 0 unspecified atom stereocenters. The Bertz CT molecular complexity index is 1120. The fourth-order valence-corrected chi connectivity index (χ4v) is 9.94. The SMILES string of the molecule is C[C@H]1O[C@@H](O[C@@H]2CC[C@]3(/C=N\O)[C@H]4[C@H](O)C[C@]5(C)[C@H](C6=CC(=O)OC6)CC[C@]5(O)[C@H]4CC[C@]3(O)C2)[C@H](O)[C@H](O)[C@H]1O. The van der Waals surface area contributed by atoms with Gasteiger partial charge >= 0.3 is 5.97 Å². The number of carbonyl (C=O) groups is 1. The number of aliphatic hydroxyl groups excluding tert-OH is 4. The molecule has 4 saturated carbocycles. The first-order valence-corrected chi connectivity index (χ1v) is 14.8. The van der Waals surface area contributed by atoms with Crippen LogP contribution in [0.5, 0.6) is 0 Å². The van der Waals surface area contributed by atoms with Gasteiger partial charge in [0.05, 0.1) is 35.7 Å². The fourth-order valence-electron chi connectivity index (χ4n) is 9.94. The molecule has 14 atom stereocenters. The molecular weight excluding hydrogens is 538 g/mol. The molecule has 2 heterocycles. The van der Waals surface area contributed by atoms with Gasteiger partial charge in [0, 0.05) is 29.2 Å². The Morgan fingerprint density at radius 3 is 2.46 bits per heavy atom. The van der Waals surface area contributed by atoms with Crippen LogP contribution in [0.25, 0.3) is 0 Å². The molecule has 230 valence electrons. The van der Waals surface area contributed by atoms with Crippen molar-refractivity contribution >= 4 is 12.2 Å². The minimum Gasteiger partial charge on any atom is -0.458 e. The van der Waals surface area contributed by atoms with Crippen molar-refractivity contribution in [3.8, 4) is 0 Å². The van der Waals surface area contributed by atoms with Gasteiger partial charge in [0.1, 0.15) is 24.9 Å². The second kappa shape index (κ2) is 9.95. The first kappa shape index (κ1) is 29.4. The Hall–Kier alpha value is -1.64. The summed E-state index contributed by atoms with van der Waals surface area (Å²) in [6.07, 6.45) is -2.02. The van der Waals surface area contributed by atoms with Crippen LogP contribution in [0.1, 0.15) is 65.2 Å². The van der Waals surface area contributed by atoms with Crippen molar-refractivity contribution in [3.63, 3.8) is 0 Å². The molecule has 4 aliphatic carbocycles. The molecule has 0 spiro atoms. The summed E-state index contributed by atoms with van der Waals surface area (Å²) in [5, 5.41) is 80.4. The number of aliphatic hydroxyl groups is 6. The summed E-state index contributed by atoms with van der Waals surface area (Å²) in [7, 11) is 0. The van der Waals surface area contributed by atoms with E-state index in [0.717, 1.165) is 5.57 Å². The van der Waals surface area contributed by atoms with Gasteiger partial charge in [-0.1, -0.05) is 6.92 Å². The number of rotatable bonds is 4. The standard InChI is InChI=1S/C29H43NO11/c1-14-22(33)23(34)24(35)25(40-14)41-16-3-6-27(13-30-38)21-18(4-7-28(27,36)10-16)29(37)8-5-17(15-9-20(32)39-12-15)26(29,2)11-19(21)31/h9,13-14,16-19,21-25,31,33-38H,3-8,10-12H2,1-2H3/b30-13-/t14-,16-,17+,18+,19-,21-,22+,23-,24-,25+,26-,27+,28+,29+/m1/s1. The van der Waals surface area contributed by atoms with Gasteiger partial charge in [0.25, 0.3) is 0 Å². The second-order valence-corrected chi connectivity index (χ2v) is 13.7. The molecular formula is C29H43NO11. The predicted molar refractivity (Wildman–Crippen MR) is 140 cm³/mol. The molecule has 2 aliphatic heterocycles. The second-order valence-electron chi connectivity index (χ2n) is 13.7. The zero-order valence-corrected chi connectivity index (χ0v) is 23.5. The number of hydrogen-bond acceptors (Lipinski definition) is 12. The molecule has 0 aromatic heterocycles. The van der Waals surface area contributed by atoms with Crippen molar-refractivity contribution in [2.45, 2.75) is 119 Å². The van der Waals surface area contributed by atoms with E-state index in [0.29, 0.717) is 25.7 Å². The Morgan fingerprint density at radius 1 is 1.02 bits per heavy atom. The van der Waals surface area contributed by atoms with E-state index < -0.39 is 76.8 Å². The van der Waals surface area contributed by atoms with Crippen LogP contribution in [0.2, 0.25) is 0 Å². The van der Waals surface area contributed by atoms with Crippen molar-refractivity contribution in [2.75, 3.05) is 6.61 Å². The van der Waals surface area contributed by atoms with Gasteiger partial charge in [-0.15, -0.1) is 5.16 Å². The number of carbonyl (C=O) groups excluding carboxylic acids is 1. The molecule has 6 aliphatic rings. The quantitative estimate of drug-likeness (QED) is 0.0774. The summed E-state index contributed by atoms with van der Waals surface area (Å²) in [5.41, 5.74) is -3.65. The first-order chi connectivity index (χ1) is 19.3. The summed E-state index contributed by atoms with van der Waals surface area (Å²) < 4.78 is 16.8. The lowest BCUT2D eigenvalue weighted by Crippen LogP contribution is -2.72. The van der Waals surface area contributed by atoms with Gasteiger partial charge in [0.2, 0.25) is 0 Å². The monoisotopic (exact) mass is 581 g/mol. The van der Waals surface area contributed by atoms with Crippen LogP contribution in [0, 0.1) is 28.6 Å². The van der Waals surface area contributed by atoms with Crippen LogP contribution in [-0.4, -0.2) is 109 Å². The number of esters is 1. The van der Waals surface area contributed by atoms with Gasteiger partial charge < -0.3 is 50.1 Å². The van der Waals surface area contributed by atoms with Crippen molar-refractivity contribution in [1.29, 1.82) is 0 Å². The summed E-state index contributed by atoms with van der Waals surface area (Å²) in [5.74, 6) is -1.50. The van der Waals surface area contributed by atoms with Crippen LogP contribution < -0.4 is 0 Å². The third kappa shape index (κ3) is 4.09. The predicted octanol–water partition coefficient (Wildman–Crippen LogP) is -0.0181. The maximum atomic E-state index is 12.4. The van der Waals surface area contributed by atoms with Crippen LogP contribution in [0.15, 0.2) is 16.8 Å². The molecule has 12 heteroatoms. The van der Waals surface area contributed by atoms with Gasteiger partial charge in [0.15, 0.2) is 6.29 Å². The molecule has 0 aromatic carbocycles. The fraction of sp³-hybridized carbons (Fsp3) is 0.862. The number of oxime groups is 1. The number of cyclic esters (lactones) is 1.